The normalized spacial score (nSPS) is 22.3. The average molecular weight is 253 g/mol. The summed E-state index contributed by atoms with van der Waals surface area (Å²) in [6, 6.07) is 0.782. The summed E-state index contributed by atoms with van der Waals surface area (Å²) in [6.07, 6.45) is 9.89. The summed E-state index contributed by atoms with van der Waals surface area (Å²) in [5.74, 6) is 1.79. The van der Waals surface area contributed by atoms with Crippen molar-refractivity contribution in [1.82, 2.24) is 5.32 Å². The van der Waals surface area contributed by atoms with Crippen LogP contribution in [-0.4, -0.2) is 12.6 Å². The highest BCUT2D eigenvalue weighted by Crippen LogP contribution is 2.39. The molecule has 0 heterocycles. The summed E-state index contributed by atoms with van der Waals surface area (Å²) < 4.78 is 0. The zero-order valence-electron chi connectivity index (χ0n) is 13.4. The highest BCUT2D eigenvalue weighted by molar-refractivity contribution is 4.85. The molecular formula is C17H35N. The maximum absolute atomic E-state index is 3.75. The molecule has 0 amide bonds. The first-order valence-corrected chi connectivity index (χ1v) is 8.18. The zero-order valence-corrected chi connectivity index (χ0v) is 13.4. The van der Waals surface area contributed by atoms with E-state index in [4.69, 9.17) is 0 Å². The molecule has 1 aliphatic rings. The fourth-order valence-electron chi connectivity index (χ4n) is 3.34. The van der Waals surface area contributed by atoms with Crippen LogP contribution in [0.5, 0.6) is 0 Å². The van der Waals surface area contributed by atoms with E-state index in [1.807, 2.05) is 0 Å². The summed E-state index contributed by atoms with van der Waals surface area (Å²) in [7, 11) is 0. The Labute approximate surface area is 115 Å². The van der Waals surface area contributed by atoms with Gasteiger partial charge in [0.15, 0.2) is 0 Å². The molecule has 1 fully saturated rings. The molecule has 1 nitrogen and oxygen atoms in total. The van der Waals surface area contributed by atoms with E-state index in [0.29, 0.717) is 5.41 Å². The molecular weight excluding hydrogens is 218 g/mol. The van der Waals surface area contributed by atoms with E-state index in [2.05, 4.69) is 39.9 Å². The lowest BCUT2D eigenvalue weighted by Gasteiger charge is -2.38. The molecule has 0 aromatic rings. The predicted molar refractivity (Wildman–Crippen MR) is 81.9 cm³/mol. The Hall–Kier alpha value is -0.0400. The SMILES string of the molecule is CCNC(CCCC(C)C)C1CCC(C)(C)CC1. The Bertz CT molecular complexity index is 210. The second-order valence-electron chi connectivity index (χ2n) is 7.49. The van der Waals surface area contributed by atoms with Crippen molar-refractivity contribution in [2.24, 2.45) is 17.3 Å². The van der Waals surface area contributed by atoms with Crippen LogP contribution in [0.15, 0.2) is 0 Å². The molecule has 1 heteroatoms. The Kier molecular flexibility index (Phi) is 6.70. The van der Waals surface area contributed by atoms with Crippen LogP contribution in [0.1, 0.15) is 79.6 Å². The molecule has 0 spiro atoms. The number of rotatable bonds is 7. The molecule has 18 heavy (non-hydrogen) atoms. The summed E-state index contributed by atoms with van der Waals surface area (Å²) in [4.78, 5) is 0. The minimum Gasteiger partial charge on any atom is -0.314 e. The molecule has 0 radical (unpaired) electrons. The molecule has 0 aromatic heterocycles. The Morgan fingerprint density at radius 2 is 1.72 bits per heavy atom. The number of nitrogens with one attached hydrogen (secondary N) is 1. The van der Waals surface area contributed by atoms with Crippen molar-refractivity contribution in [1.29, 1.82) is 0 Å². The van der Waals surface area contributed by atoms with Crippen LogP contribution in [0, 0.1) is 17.3 Å². The third-order valence-electron chi connectivity index (χ3n) is 4.72. The van der Waals surface area contributed by atoms with E-state index >= 15 is 0 Å². The molecule has 0 bridgehead atoms. The van der Waals surface area contributed by atoms with Crippen molar-refractivity contribution in [2.45, 2.75) is 85.6 Å². The van der Waals surface area contributed by atoms with Crippen LogP contribution in [0.25, 0.3) is 0 Å². The topological polar surface area (TPSA) is 12.0 Å². The van der Waals surface area contributed by atoms with E-state index in [-0.39, 0.29) is 0 Å². The van der Waals surface area contributed by atoms with E-state index in [0.717, 1.165) is 24.4 Å². The maximum Gasteiger partial charge on any atom is 0.00952 e. The summed E-state index contributed by atoms with van der Waals surface area (Å²) in [5, 5.41) is 3.75. The van der Waals surface area contributed by atoms with E-state index in [1.54, 1.807) is 0 Å². The largest absolute Gasteiger partial charge is 0.314 e. The van der Waals surface area contributed by atoms with Crippen molar-refractivity contribution in [3.63, 3.8) is 0 Å². The van der Waals surface area contributed by atoms with Crippen LogP contribution >= 0.6 is 0 Å². The zero-order chi connectivity index (χ0) is 13.6. The van der Waals surface area contributed by atoms with Gasteiger partial charge in [0, 0.05) is 6.04 Å². The van der Waals surface area contributed by atoms with Crippen LogP contribution in [0.4, 0.5) is 0 Å². The molecule has 0 aliphatic heterocycles. The van der Waals surface area contributed by atoms with Crippen LogP contribution in [0.2, 0.25) is 0 Å². The van der Waals surface area contributed by atoms with Gasteiger partial charge in [-0.1, -0.05) is 47.5 Å². The van der Waals surface area contributed by atoms with Gasteiger partial charge < -0.3 is 5.32 Å². The van der Waals surface area contributed by atoms with Gasteiger partial charge in [-0.25, -0.2) is 0 Å². The summed E-state index contributed by atoms with van der Waals surface area (Å²) in [5.41, 5.74) is 0.602. The lowest BCUT2D eigenvalue weighted by molar-refractivity contribution is 0.156. The average Bonchev–Trinajstić information content (AvgIpc) is 2.28. The fraction of sp³-hybridized carbons (Fsp3) is 1.00. The highest BCUT2D eigenvalue weighted by atomic mass is 14.9. The Balaban J connectivity index is 2.37. The Morgan fingerprint density at radius 3 is 2.22 bits per heavy atom. The third kappa shape index (κ3) is 5.73. The molecule has 1 N–H and O–H groups in total. The number of hydrogen-bond acceptors (Lipinski definition) is 1. The molecule has 108 valence electrons. The molecule has 0 saturated heterocycles. The first kappa shape index (κ1) is 16.0. The van der Waals surface area contributed by atoms with Crippen LogP contribution < -0.4 is 5.32 Å². The minimum atomic E-state index is 0.602. The van der Waals surface area contributed by atoms with Crippen molar-refractivity contribution in [2.75, 3.05) is 6.54 Å². The fourth-order valence-corrected chi connectivity index (χ4v) is 3.34. The monoisotopic (exact) mass is 253 g/mol. The number of hydrogen-bond donors (Lipinski definition) is 1. The molecule has 1 saturated carbocycles. The minimum absolute atomic E-state index is 0.602. The van der Waals surface area contributed by atoms with Crippen LogP contribution in [-0.2, 0) is 0 Å². The molecule has 1 atom stereocenters. The molecule has 0 aromatic carbocycles. The lowest BCUT2D eigenvalue weighted by Crippen LogP contribution is -2.39. The molecule has 1 rings (SSSR count). The van der Waals surface area contributed by atoms with Crippen LogP contribution in [0.3, 0.4) is 0 Å². The standard InChI is InChI=1S/C17H35N/c1-6-18-16(9-7-8-14(2)3)15-10-12-17(4,5)13-11-15/h14-16,18H,6-13H2,1-5H3. The van der Waals surface area contributed by atoms with Gasteiger partial charge in [-0.15, -0.1) is 0 Å². The van der Waals surface area contributed by atoms with Gasteiger partial charge in [-0.3, -0.25) is 0 Å². The van der Waals surface area contributed by atoms with Crippen molar-refractivity contribution in [3.05, 3.63) is 0 Å². The van der Waals surface area contributed by atoms with Gasteiger partial charge in [0.05, 0.1) is 0 Å². The molecule has 1 unspecified atom stereocenters. The summed E-state index contributed by atoms with van der Waals surface area (Å²) in [6.45, 7) is 12.9. The lowest BCUT2D eigenvalue weighted by atomic mass is 9.70. The van der Waals surface area contributed by atoms with Gasteiger partial charge in [-0.05, 0) is 55.9 Å². The van der Waals surface area contributed by atoms with Crippen molar-refractivity contribution in [3.8, 4) is 0 Å². The Morgan fingerprint density at radius 1 is 1.11 bits per heavy atom. The van der Waals surface area contributed by atoms with E-state index in [1.165, 1.54) is 44.9 Å². The quantitative estimate of drug-likeness (QED) is 0.672. The van der Waals surface area contributed by atoms with Crippen molar-refractivity contribution < 1.29 is 0 Å². The predicted octanol–water partition coefficient (Wildman–Crippen LogP) is 5.01. The summed E-state index contributed by atoms with van der Waals surface area (Å²) >= 11 is 0. The van der Waals surface area contributed by atoms with Gasteiger partial charge in [0.2, 0.25) is 0 Å². The second kappa shape index (κ2) is 7.53. The maximum atomic E-state index is 3.75. The first-order chi connectivity index (χ1) is 8.44. The first-order valence-electron chi connectivity index (χ1n) is 8.18. The van der Waals surface area contributed by atoms with E-state index < -0.39 is 0 Å². The highest BCUT2D eigenvalue weighted by Gasteiger charge is 2.30. The molecule has 1 aliphatic carbocycles. The van der Waals surface area contributed by atoms with E-state index in [9.17, 15) is 0 Å². The van der Waals surface area contributed by atoms with Gasteiger partial charge in [-0.2, -0.15) is 0 Å². The second-order valence-corrected chi connectivity index (χ2v) is 7.49. The van der Waals surface area contributed by atoms with Gasteiger partial charge >= 0.3 is 0 Å². The van der Waals surface area contributed by atoms with Crippen molar-refractivity contribution >= 4 is 0 Å². The smallest absolute Gasteiger partial charge is 0.00952 e. The van der Waals surface area contributed by atoms with Gasteiger partial charge in [0.25, 0.3) is 0 Å². The van der Waals surface area contributed by atoms with Gasteiger partial charge in [0.1, 0.15) is 0 Å². The third-order valence-corrected chi connectivity index (χ3v) is 4.72.